The predicted molar refractivity (Wildman–Crippen MR) is 107 cm³/mol. The Labute approximate surface area is 176 Å². The minimum Gasteiger partial charge on any atom is -0.328 e. The molecule has 1 aromatic heterocycles. The van der Waals surface area contributed by atoms with Gasteiger partial charge < -0.3 is 5.73 Å². The maximum absolute atomic E-state index is 14.6. The lowest BCUT2D eigenvalue weighted by atomic mass is 9.95. The molecule has 158 valence electrons. The summed E-state index contributed by atoms with van der Waals surface area (Å²) in [6.07, 6.45) is 1.08. The minimum atomic E-state index is -4.28. The zero-order valence-corrected chi connectivity index (χ0v) is 18.0. The number of alkyl halides is 1. The number of benzene rings is 1. The first-order valence-electron chi connectivity index (χ1n) is 9.31. The van der Waals surface area contributed by atoms with Crippen molar-refractivity contribution in [1.29, 1.82) is 0 Å². The molecule has 29 heavy (non-hydrogen) atoms. The molecule has 1 aromatic carbocycles. The van der Waals surface area contributed by atoms with Crippen molar-refractivity contribution in [3.8, 4) is 0 Å². The van der Waals surface area contributed by atoms with E-state index in [-0.39, 0.29) is 42.5 Å². The molecule has 0 amide bonds. The van der Waals surface area contributed by atoms with Crippen molar-refractivity contribution in [3.05, 3.63) is 47.1 Å². The fraction of sp³-hybridized carbons (Fsp3) is 0.389. The van der Waals surface area contributed by atoms with Crippen molar-refractivity contribution >= 4 is 31.5 Å². The summed E-state index contributed by atoms with van der Waals surface area (Å²) in [6, 6.07) is 6.65. The van der Waals surface area contributed by atoms with Gasteiger partial charge in [0.1, 0.15) is 12.0 Å². The molecule has 0 spiro atoms. The van der Waals surface area contributed by atoms with Crippen molar-refractivity contribution in [2.24, 2.45) is 5.73 Å². The number of aryl methyl sites for hydroxylation is 1. The molecule has 3 rings (SSSR count). The van der Waals surface area contributed by atoms with E-state index in [1.807, 2.05) is 5.73 Å². The standard InChI is InChI=1S/C18H21ClFN3O4S2/c1-13-10-15(28(24,25)17-4-2-3-7-22-17)16(11-14(13)19)29(26,27)23-8-5-18(20,12-21)6-9-23/h2-4,7,10-11H,5-6,8-9,12,21H2,1H3/i/hT. The van der Waals surface area contributed by atoms with Gasteiger partial charge in [-0.15, -0.1) is 0 Å². The first-order valence-corrected chi connectivity index (χ1v) is 12.1. The first kappa shape index (κ1) is 20.7. The van der Waals surface area contributed by atoms with Crippen molar-refractivity contribution in [2.75, 3.05) is 19.6 Å². The third-order valence-corrected chi connectivity index (χ3v) is 9.16. The molecule has 2 heterocycles. The molecule has 2 N–H and O–H groups in total. The molecule has 1 fully saturated rings. The van der Waals surface area contributed by atoms with Gasteiger partial charge in [0.05, 0.1) is 4.90 Å². The third-order valence-electron chi connectivity index (χ3n) is 4.98. The van der Waals surface area contributed by atoms with Crippen LogP contribution in [0.1, 0.15) is 18.4 Å². The second-order valence-corrected chi connectivity index (χ2v) is 11.1. The summed E-state index contributed by atoms with van der Waals surface area (Å²) >= 11 is 6.13. The molecule has 0 atom stereocenters. The molecule has 2 aromatic rings. The number of hydrogen-bond acceptors (Lipinski definition) is 6. The molecule has 1 saturated heterocycles. The SMILES string of the molecule is [3H]NCC1(F)CCN(S(=O)(=O)c2cc(Cl)c(C)cc2S(=O)(=O)c2ccccn2)CC1. The average Bonchev–Trinajstić information content (AvgIpc) is 2.70. The van der Waals surface area contributed by atoms with E-state index in [2.05, 4.69) is 4.98 Å². The van der Waals surface area contributed by atoms with Crippen LogP contribution in [-0.2, 0) is 19.9 Å². The van der Waals surface area contributed by atoms with Gasteiger partial charge in [0.25, 0.3) is 0 Å². The van der Waals surface area contributed by atoms with Crippen LogP contribution in [0.15, 0.2) is 51.3 Å². The van der Waals surface area contributed by atoms with Crippen molar-refractivity contribution in [1.82, 2.24) is 9.29 Å². The number of nitrogens with two attached hydrogens (primary N) is 1. The summed E-state index contributed by atoms with van der Waals surface area (Å²) in [4.78, 5) is 2.96. The van der Waals surface area contributed by atoms with E-state index in [1.165, 1.54) is 24.4 Å². The fourth-order valence-corrected chi connectivity index (χ4v) is 6.84. The fourth-order valence-electron chi connectivity index (χ4n) is 3.11. The number of halogens is 2. The highest BCUT2D eigenvalue weighted by molar-refractivity contribution is 7.93. The largest absolute Gasteiger partial charge is 0.328 e. The van der Waals surface area contributed by atoms with Crippen molar-refractivity contribution < 1.29 is 22.6 Å². The summed E-state index contributed by atoms with van der Waals surface area (Å²) in [7, 11) is -8.53. The Hall–Kier alpha value is -1.59. The van der Waals surface area contributed by atoms with Crippen LogP contribution in [0.4, 0.5) is 4.39 Å². The predicted octanol–water partition coefficient (Wildman–Crippen LogP) is 2.33. The van der Waals surface area contributed by atoms with Crippen molar-refractivity contribution in [3.63, 3.8) is 0 Å². The zero-order valence-electron chi connectivity index (χ0n) is 16.6. The smallest absolute Gasteiger partial charge is 0.244 e. The Balaban J connectivity index is 2.07. The quantitative estimate of drug-likeness (QED) is 0.703. The van der Waals surface area contributed by atoms with Gasteiger partial charge in [0.15, 0.2) is 5.03 Å². The average molecular weight is 464 g/mol. The number of hydrogen-bond donors (Lipinski definition) is 1. The Morgan fingerprint density at radius 3 is 2.52 bits per heavy atom. The highest BCUT2D eigenvalue weighted by Crippen LogP contribution is 2.35. The molecular weight excluding hydrogens is 441 g/mol. The summed E-state index contributed by atoms with van der Waals surface area (Å²) in [5.41, 5.74) is 0.731. The van der Waals surface area contributed by atoms with Gasteiger partial charge in [-0.2, -0.15) is 4.31 Å². The molecule has 1 aliphatic rings. The van der Waals surface area contributed by atoms with Gasteiger partial charge in [-0.25, -0.2) is 26.2 Å². The van der Waals surface area contributed by atoms with E-state index in [9.17, 15) is 21.2 Å². The molecule has 0 radical (unpaired) electrons. The second-order valence-electron chi connectivity index (χ2n) is 6.95. The van der Waals surface area contributed by atoms with Crippen LogP contribution in [0, 0.1) is 6.92 Å². The van der Waals surface area contributed by atoms with Gasteiger partial charge in [-0.05, 0) is 49.6 Å². The zero-order chi connectivity index (χ0) is 22.2. The van der Waals surface area contributed by atoms with Crippen LogP contribution in [0.3, 0.4) is 0 Å². The lowest BCUT2D eigenvalue weighted by Gasteiger charge is -2.35. The lowest BCUT2D eigenvalue weighted by Crippen LogP contribution is -2.47. The van der Waals surface area contributed by atoms with Gasteiger partial charge in [-0.1, -0.05) is 17.7 Å². The van der Waals surface area contributed by atoms with Gasteiger partial charge in [-0.3, -0.25) is 0 Å². The number of sulfonamides is 1. The number of aromatic nitrogens is 1. The van der Waals surface area contributed by atoms with Crippen LogP contribution >= 0.6 is 11.6 Å². The van der Waals surface area contributed by atoms with Crippen LogP contribution < -0.4 is 5.73 Å². The van der Waals surface area contributed by atoms with E-state index in [0.717, 1.165) is 10.4 Å². The maximum atomic E-state index is 14.6. The minimum absolute atomic E-state index is 0.101. The monoisotopic (exact) mass is 463 g/mol. The number of pyridine rings is 1. The molecule has 1 aliphatic heterocycles. The Morgan fingerprint density at radius 1 is 1.24 bits per heavy atom. The van der Waals surface area contributed by atoms with Gasteiger partial charge >= 0.3 is 0 Å². The maximum Gasteiger partial charge on any atom is 0.244 e. The van der Waals surface area contributed by atoms with E-state index >= 15 is 0 Å². The van der Waals surface area contributed by atoms with Crippen LogP contribution in [0.5, 0.6) is 0 Å². The van der Waals surface area contributed by atoms with Crippen LogP contribution in [-0.4, -0.2) is 51.4 Å². The number of rotatable bonds is 6. The molecule has 11 heteroatoms. The number of piperidine rings is 1. The lowest BCUT2D eigenvalue weighted by molar-refractivity contribution is 0.0972. The number of nitrogens with zero attached hydrogens (tertiary/aromatic N) is 2. The van der Waals surface area contributed by atoms with Gasteiger partial charge in [0.2, 0.25) is 19.9 Å². The summed E-state index contributed by atoms with van der Waals surface area (Å²) in [5.74, 6) is 0. The van der Waals surface area contributed by atoms with Crippen LogP contribution in [0.25, 0.3) is 0 Å². The van der Waals surface area contributed by atoms with Crippen LogP contribution in [0.2, 0.25) is 6.43 Å². The van der Waals surface area contributed by atoms with Crippen molar-refractivity contribution in [2.45, 2.75) is 40.3 Å². The number of sulfone groups is 1. The molecule has 0 aliphatic carbocycles. The topological polar surface area (TPSA) is 110 Å². The molecule has 0 bridgehead atoms. The highest BCUT2D eigenvalue weighted by atomic mass is 35.5. The molecule has 7 nitrogen and oxygen atoms in total. The Kier molecular flexibility index (Phi) is 5.64. The second kappa shape index (κ2) is 7.92. The van der Waals surface area contributed by atoms with E-state index in [0.29, 0.717) is 5.56 Å². The first-order chi connectivity index (χ1) is 14.0. The summed E-state index contributed by atoms with van der Waals surface area (Å²) in [6.45, 7) is 1.07. The van der Waals surface area contributed by atoms with E-state index in [1.54, 1.807) is 13.0 Å². The molecular formula is C18H21ClFN3O4S2. The molecule has 0 saturated carbocycles. The molecule has 0 unspecified atom stereocenters. The third kappa shape index (κ3) is 4.17. The summed E-state index contributed by atoms with van der Waals surface area (Å²) in [5, 5.41) is -0.185. The Bertz CT molecular complexity index is 1140. The van der Waals surface area contributed by atoms with Gasteiger partial charge in [0, 0.05) is 30.9 Å². The van der Waals surface area contributed by atoms with E-state index in [4.69, 9.17) is 13.0 Å². The summed E-state index contributed by atoms with van der Waals surface area (Å²) < 4.78 is 75.6. The van der Waals surface area contributed by atoms with E-state index < -0.39 is 35.3 Å². The Morgan fingerprint density at radius 2 is 1.93 bits per heavy atom. The highest BCUT2D eigenvalue weighted by Gasteiger charge is 2.40. The normalized spacial score (nSPS) is 18.4.